The number of hydrogen-bond donors (Lipinski definition) is 1. The molecule has 4 heteroatoms. The molecule has 4 nitrogen and oxygen atoms in total. The summed E-state index contributed by atoms with van der Waals surface area (Å²) < 4.78 is 7.24. The van der Waals surface area contributed by atoms with E-state index in [0.29, 0.717) is 12.0 Å². The van der Waals surface area contributed by atoms with Gasteiger partial charge in [0.05, 0.1) is 12.8 Å². The Morgan fingerprint density at radius 2 is 2.57 bits per heavy atom. The lowest BCUT2D eigenvalue weighted by molar-refractivity contribution is 0.178. The Kier molecular flexibility index (Phi) is 2.84. The third-order valence-electron chi connectivity index (χ3n) is 2.83. The summed E-state index contributed by atoms with van der Waals surface area (Å²) >= 11 is 0. The molecule has 1 saturated heterocycles. The molecule has 14 heavy (non-hydrogen) atoms. The van der Waals surface area contributed by atoms with Gasteiger partial charge >= 0.3 is 0 Å². The van der Waals surface area contributed by atoms with Gasteiger partial charge in [0.15, 0.2) is 0 Å². The zero-order valence-corrected chi connectivity index (χ0v) is 8.73. The first kappa shape index (κ1) is 9.68. The molecule has 1 fully saturated rings. The van der Waals surface area contributed by atoms with Crippen molar-refractivity contribution >= 4 is 0 Å². The first-order valence-corrected chi connectivity index (χ1v) is 5.05. The molecule has 0 saturated carbocycles. The predicted octanol–water partition coefficient (Wildman–Crippen LogP) is 0.717. The van der Waals surface area contributed by atoms with E-state index >= 15 is 0 Å². The van der Waals surface area contributed by atoms with Crippen LogP contribution in [0.2, 0.25) is 0 Å². The molecule has 2 atom stereocenters. The highest BCUT2D eigenvalue weighted by Gasteiger charge is 2.26. The van der Waals surface area contributed by atoms with Crippen LogP contribution in [0.1, 0.15) is 18.0 Å². The number of nitrogens with one attached hydrogen (secondary N) is 1. The summed E-state index contributed by atoms with van der Waals surface area (Å²) in [6.07, 6.45) is 5.14. The van der Waals surface area contributed by atoms with Crippen LogP contribution in [-0.4, -0.2) is 30.0 Å². The van der Waals surface area contributed by atoms with Gasteiger partial charge in [-0.05, 0) is 13.5 Å². The molecule has 0 aromatic carbocycles. The Hall–Kier alpha value is -0.870. The molecule has 0 aliphatic carbocycles. The van der Waals surface area contributed by atoms with Gasteiger partial charge in [0.25, 0.3) is 0 Å². The highest BCUT2D eigenvalue weighted by Crippen LogP contribution is 2.27. The monoisotopic (exact) mass is 195 g/mol. The van der Waals surface area contributed by atoms with Crippen LogP contribution >= 0.6 is 0 Å². The molecule has 0 amide bonds. The summed E-state index contributed by atoms with van der Waals surface area (Å²) in [4.78, 5) is 0. The molecule has 2 unspecified atom stereocenters. The van der Waals surface area contributed by atoms with E-state index in [2.05, 4.69) is 16.6 Å². The molecule has 0 radical (unpaired) electrons. The fraction of sp³-hybridized carbons (Fsp3) is 0.700. The maximum Gasteiger partial charge on any atom is 0.0537 e. The van der Waals surface area contributed by atoms with Crippen molar-refractivity contribution in [3.8, 4) is 0 Å². The minimum atomic E-state index is 0.381. The van der Waals surface area contributed by atoms with Crippen molar-refractivity contribution in [3.05, 3.63) is 18.0 Å². The maximum absolute atomic E-state index is 5.40. The first-order valence-electron chi connectivity index (χ1n) is 5.05. The van der Waals surface area contributed by atoms with Gasteiger partial charge in [-0.1, -0.05) is 0 Å². The van der Waals surface area contributed by atoms with Crippen LogP contribution in [-0.2, 0) is 11.8 Å². The number of rotatable bonds is 3. The summed E-state index contributed by atoms with van der Waals surface area (Å²) in [6, 6.07) is 0.381. The van der Waals surface area contributed by atoms with Crippen LogP contribution in [0, 0.1) is 5.92 Å². The second-order valence-electron chi connectivity index (χ2n) is 3.84. The normalized spacial score (nSPS) is 24.0. The third-order valence-corrected chi connectivity index (χ3v) is 2.83. The van der Waals surface area contributed by atoms with Gasteiger partial charge in [-0.3, -0.25) is 4.68 Å². The van der Waals surface area contributed by atoms with E-state index < -0.39 is 0 Å². The summed E-state index contributed by atoms with van der Waals surface area (Å²) in [5.41, 5.74) is 1.26. The molecule has 2 rings (SSSR count). The van der Waals surface area contributed by atoms with E-state index in [4.69, 9.17) is 4.74 Å². The molecule has 1 aliphatic rings. The van der Waals surface area contributed by atoms with Crippen molar-refractivity contribution in [1.29, 1.82) is 0 Å². The van der Waals surface area contributed by atoms with Gasteiger partial charge in [0.1, 0.15) is 0 Å². The molecular formula is C10H17N3O. The minimum Gasteiger partial charge on any atom is -0.381 e. The molecule has 78 valence electrons. The number of ether oxygens (including phenoxy) is 1. The highest BCUT2D eigenvalue weighted by molar-refractivity contribution is 5.12. The van der Waals surface area contributed by atoms with E-state index in [1.165, 1.54) is 5.56 Å². The SMILES string of the molecule is CNC(c1cnn(C)c1)C1CCOC1. The summed E-state index contributed by atoms with van der Waals surface area (Å²) in [7, 11) is 3.94. The smallest absolute Gasteiger partial charge is 0.0537 e. The fourth-order valence-electron chi connectivity index (χ4n) is 2.09. The standard InChI is InChI=1S/C10H17N3O/c1-11-10(8-3-4-14-7-8)9-5-12-13(2)6-9/h5-6,8,10-11H,3-4,7H2,1-2H3. The van der Waals surface area contributed by atoms with Crippen LogP contribution in [0.15, 0.2) is 12.4 Å². The van der Waals surface area contributed by atoms with Crippen LogP contribution in [0.5, 0.6) is 0 Å². The van der Waals surface area contributed by atoms with E-state index in [1.54, 1.807) is 0 Å². The van der Waals surface area contributed by atoms with Crippen LogP contribution in [0.25, 0.3) is 0 Å². The summed E-state index contributed by atoms with van der Waals surface area (Å²) in [6.45, 7) is 1.75. The topological polar surface area (TPSA) is 39.1 Å². The van der Waals surface area contributed by atoms with Crippen molar-refractivity contribution in [1.82, 2.24) is 15.1 Å². The van der Waals surface area contributed by atoms with Crippen LogP contribution < -0.4 is 5.32 Å². The first-order chi connectivity index (χ1) is 6.81. The van der Waals surface area contributed by atoms with E-state index in [1.807, 2.05) is 25.0 Å². The molecule has 2 heterocycles. The fourth-order valence-corrected chi connectivity index (χ4v) is 2.09. The van der Waals surface area contributed by atoms with Crippen molar-refractivity contribution in [2.45, 2.75) is 12.5 Å². The average molecular weight is 195 g/mol. The van der Waals surface area contributed by atoms with Gasteiger partial charge in [-0.25, -0.2) is 0 Å². The zero-order valence-electron chi connectivity index (χ0n) is 8.73. The van der Waals surface area contributed by atoms with Gasteiger partial charge in [0.2, 0.25) is 0 Å². The summed E-state index contributed by atoms with van der Waals surface area (Å²) in [5.74, 6) is 0.587. The molecule has 1 aromatic heterocycles. The van der Waals surface area contributed by atoms with Crippen LogP contribution in [0.3, 0.4) is 0 Å². The average Bonchev–Trinajstić information content (AvgIpc) is 2.79. The second-order valence-corrected chi connectivity index (χ2v) is 3.84. The van der Waals surface area contributed by atoms with Crippen molar-refractivity contribution < 1.29 is 4.74 Å². The lowest BCUT2D eigenvalue weighted by Crippen LogP contribution is -2.25. The number of aryl methyl sites for hydroxylation is 1. The molecule has 0 bridgehead atoms. The van der Waals surface area contributed by atoms with Gasteiger partial charge in [-0.2, -0.15) is 5.10 Å². The molecule has 1 aromatic rings. The zero-order chi connectivity index (χ0) is 9.97. The maximum atomic E-state index is 5.40. The van der Waals surface area contributed by atoms with Crippen molar-refractivity contribution in [2.75, 3.05) is 20.3 Å². The number of nitrogens with zero attached hydrogens (tertiary/aromatic N) is 2. The molecule has 1 N–H and O–H groups in total. The Morgan fingerprint density at radius 3 is 3.07 bits per heavy atom. The third kappa shape index (κ3) is 1.81. The van der Waals surface area contributed by atoms with Gasteiger partial charge in [-0.15, -0.1) is 0 Å². The molecular weight excluding hydrogens is 178 g/mol. The van der Waals surface area contributed by atoms with E-state index in [0.717, 1.165) is 19.6 Å². The quantitative estimate of drug-likeness (QED) is 0.772. The van der Waals surface area contributed by atoms with Crippen LogP contribution in [0.4, 0.5) is 0 Å². The summed E-state index contributed by atoms with van der Waals surface area (Å²) in [5, 5.41) is 7.53. The number of hydrogen-bond acceptors (Lipinski definition) is 3. The minimum absolute atomic E-state index is 0.381. The Balaban J connectivity index is 2.12. The van der Waals surface area contributed by atoms with Crippen molar-refractivity contribution in [2.24, 2.45) is 13.0 Å². The Bertz CT molecular complexity index is 291. The number of aromatic nitrogens is 2. The lowest BCUT2D eigenvalue weighted by atomic mass is 9.95. The molecule has 0 spiro atoms. The largest absolute Gasteiger partial charge is 0.381 e. The predicted molar refractivity (Wildman–Crippen MR) is 53.9 cm³/mol. The highest BCUT2D eigenvalue weighted by atomic mass is 16.5. The second kappa shape index (κ2) is 4.11. The van der Waals surface area contributed by atoms with Gasteiger partial charge in [0, 0.05) is 37.4 Å². The Labute approximate surface area is 84.3 Å². The lowest BCUT2D eigenvalue weighted by Gasteiger charge is -2.20. The molecule has 1 aliphatic heterocycles. The van der Waals surface area contributed by atoms with E-state index in [-0.39, 0.29) is 0 Å². The van der Waals surface area contributed by atoms with Gasteiger partial charge < -0.3 is 10.1 Å². The van der Waals surface area contributed by atoms with Crippen molar-refractivity contribution in [3.63, 3.8) is 0 Å². The van der Waals surface area contributed by atoms with E-state index in [9.17, 15) is 0 Å². The Morgan fingerprint density at radius 1 is 1.71 bits per heavy atom.